The maximum Gasteiger partial charge on any atom is 0.243 e. The number of ether oxygens (including phenoxy) is 2. The zero-order valence-corrected chi connectivity index (χ0v) is 16.6. The molecule has 7 heteroatoms. The molecule has 27 heavy (non-hydrogen) atoms. The van der Waals surface area contributed by atoms with Crippen LogP contribution >= 0.6 is 0 Å². The van der Waals surface area contributed by atoms with E-state index in [0.717, 1.165) is 23.6 Å². The zero-order chi connectivity index (χ0) is 19.3. The highest BCUT2D eigenvalue weighted by molar-refractivity contribution is 7.89. The van der Waals surface area contributed by atoms with Crippen molar-refractivity contribution < 1.29 is 17.9 Å². The van der Waals surface area contributed by atoms with Crippen molar-refractivity contribution in [3.8, 4) is 11.5 Å². The number of nitrogens with zero attached hydrogens (tertiary/aromatic N) is 2. The Balaban J connectivity index is 1.61. The third-order valence-electron chi connectivity index (χ3n) is 4.65. The lowest BCUT2D eigenvalue weighted by molar-refractivity contribution is 0.181. The van der Waals surface area contributed by atoms with Crippen LogP contribution in [0.4, 0.5) is 0 Å². The standard InChI is InChI=1S/C20H26N2O4S/c1-3-26-19-10-9-17(15-20(19)25-2)16-21-11-13-22(14-12-21)27(23,24)18-7-5-4-6-8-18/h4-10,15H,3,11-14,16H2,1-2H3. The van der Waals surface area contributed by atoms with E-state index >= 15 is 0 Å². The third kappa shape index (κ3) is 4.61. The van der Waals surface area contributed by atoms with Crippen molar-refractivity contribution in [1.29, 1.82) is 0 Å². The van der Waals surface area contributed by atoms with Crippen LogP contribution in [0.15, 0.2) is 53.4 Å². The van der Waals surface area contributed by atoms with Crippen molar-refractivity contribution in [2.75, 3.05) is 39.9 Å². The number of rotatable bonds is 7. The van der Waals surface area contributed by atoms with E-state index < -0.39 is 10.0 Å². The van der Waals surface area contributed by atoms with Gasteiger partial charge in [-0.15, -0.1) is 0 Å². The molecule has 1 saturated heterocycles. The van der Waals surface area contributed by atoms with Crippen LogP contribution in [0.2, 0.25) is 0 Å². The van der Waals surface area contributed by atoms with E-state index in [4.69, 9.17) is 9.47 Å². The SMILES string of the molecule is CCOc1ccc(CN2CCN(S(=O)(=O)c3ccccc3)CC2)cc1OC. The fourth-order valence-electron chi connectivity index (χ4n) is 3.21. The van der Waals surface area contributed by atoms with Crippen molar-refractivity contribution in [3.05, 3.63) is 54.1 Å². The smallest absolute Gasteiger partial charge is 0.243 e. The second kappa shape index (κ2) is 8.73. The second-order valence-corrected chi connectivity index (χ2v) is 8.35. The molecule has 0 bridgehead atoms. The van der Waals surface area contributed by atoms with Crippen LogP contribution in [0.5, 0.6) is 11.5 Å². The molecule has 0 aromatic heterocycles. The Labute approximate surface area is 161 Å². The summed E-state index contributed by atoms with van der Waals surface area (Å²) in [4.78, 5) is 2.61. The van der Waals surface area contributed by atoms with E-state index in [1.807, 2.05) is 31.2 Å². The zero-order valence-electron chi connectivity index (χ0n) is 15.8. The van der Waals surface area contributed by atoms with Gasteiger partial charge in [-0.3, -0.25) is 4.90 Å². The molecule has 6 nitrogen and oxygen atoms in total. The average Bonchev–Trinajstić information content (AvgIpc) is 2.70. The van der Waals surface area contributed by atoms with Gasteiger partial charge < -0.3 is 9.47 Å². The minimum Gasteiger partial charge on any atom is -0.493 e. The molecule has 1 fully saturated rings. The summed E-state index contributed by atoms with van der Waals surface area (Å²) >= 11 is 0. The molecule has 0 aliphatic carbocycles. The maximum absolute atomic E-state index is 12.7. The summed E-state index contributed by atoms with van der Waals surface area (Å²) in [5, 5.41) is 0. The fourth-order valence-corrected chi connectivity index (χ4v) is 4.66. The molecular weight excluding hydrogens is 364 g/mol. The molecule has 3 rings (SSSR count). The lowest BCUT2D eigenvalue weighted by atomic mass is 10.1. The largest absolute Gasteiger partial charge is 0.493 e. The van der Waals surface area contributed by atoms with Crippen LogP contribution in [0.25, 0.3) is 0 Å². The molecule has 0 N–H and O–H groups in total. The molecule has 2 aromatic rings. The Bertz CT molecular complexity index is 848. The molecule has 0 amide bonds. The van der Waals surface area contributed by atoms with Crippen molar-refractivity contribution in [3.63, 3.8) is 0 Å². The highest BCUT2D eigenvalue weighted by Crippen LogP contribution is 2.28. The third-order valence-corrected chi connectivity index (χ3v) is 6.56. The monoisotopic (exact) mass is 390 g/mol. The Morgan fingerprint density at radius 3 is 2.30 bits per heavy atom. The first kappa shape index (κ1) is 19.7. The normalized spacial score (nSPS) is 16.2. The minimum atomic E-state index is -3.41. The summed E-state index contributed by atoms with van der Waals surface area (Å²) in [6.07, 6.45) is 0. The van der Waals surface area contributed by atoms with E-state index in [0.29, 0.717) is 37.7 Å². The molecule has 0 unspecified atom stereocenters. The topological polar surface area (TPSA) is 59.1 Å². The minimum absolute atomic E-state index is 0.356. The molecule has 0 radical (unpaired) electrons. The van der Waals surface area contributed by atoms with Crippen molar-refractivity contribution in [2.45, 2.75) is 18.4 Å². The lowest BCUT2D eigenvalue weighted by Crippen LogP contribution is -2.48. The summed E-state index contributed by atoms with van der Waals surface area (Å²) in [6.45, 7) is 5.66. The van der Waals surface area contributed by atoms with Crippen LogP contribution in [0, 0.1) is 0 Å². The number of piperazine rings is 1. The van der Waals surface area contributed by atoms with Gasteiger partial charge in [0.25, 0.3) is 0 Å². The van der Waals surface area contributed by atoms with Gasteiger partial charge >= 0.3 is 0 Å². The molecule has 2 aromatic carbocycles. The molecule has 146 valence electrons. The molecule has 0 atom stereocenters. The second-order valence-electron chi connectivity index (χ2n) is 6.41. The molecule has 1 aliphatic heterocycles. The van der Waals surface area contributed by atoms with Gasteiger partial charge in [-0.05, 0) is 36.8 Å². The van der Waals surface area contributed by atoms with Gasteiger partial charge in [0.05, 0.1) is 18.6 Å². The van der Waals surface area contributed by atoms with Gasteiger partial charge in [0.1, 0.15) is 0 Å². The van der Waals surface area contributed by atoms with E-state index in [1.165, 1.54) is 0 Å². The van der Waals surface area contributed by atoms with Crippen molar-refractivity contribution in [1.82, 2.24) is 9.21 Å². The van der Waals surface area contributed by atoms with Crippen molar-refractivity contribution >= 4 is 10.0 Å². The van der Waals surface area contributed by atoms with Crippen LogP contribution in [-0.4, -0.2) is 57.5 Å². The molecular formula is C20H26N2O4S. The van der Waals surface area contributed by atoms with Gasteiger partial charge in [0.2, 0.25) is 10.0 Å². The van der Waals surface area contributed by atoms with Crippen molar-refractivity contribution in [2.24, 2.45) is 0 Å². The summed E-state index contributed by atoms with van der Waals surface area (Å²) in [5.74, 6) is 1.46. The predicted octanol–water partition coefficient (Wildman–Crippen LogP) is 2.60. The Morgan fingerprint density at radius 1 is 0.963 bits per heavy atom. The molecule has 0 spiro atoms. The van der Waals surface area contributed by atoms with Gasteiger partial charge in [0.15, 0.2) is 11.5 Å². The average molecular weight is 391 g/mol. The highest BCUT2D eigenvalue weighted by Gasteiger charge is 2.28. The number of methoxy groups -OCH3 is 1. The molecule has 1 heterocycles. The number of hydrogen-bond donors (Lipinski definition) is 0. The Morgan fingerprint density at radius 2 is 1.67 bits per heavy atom. The molecule has 0 saturated carbocycles. The first-order valence-electron chi connectivity index (χ1n) is 9.12. The lowest BCUT2D eigenvalue weighted by Gasteiger charge is -2.34. The fraction of sp³-hybridized carbons (Fsp3) is 0.400. The number of sulfonamides is 1. The van der Waals surface area contributed by atoms with Crippen LogP contribution < -0.4 is 9.47 Å². The van der Waals surface area contributed by atoms with Crippen LogP contribution in [-0.2, 0) is 16.6 Å². The van der Waals surface area contributed by atoms with Crippen LogP contribution in [0.3, 0.4) is 0 Å². The van der Waals surface area contributed by atoms with Gasteiger partial charge in [-0.25, -0.2) is 8.42 Å². The quantitative estimate of drug-likeness (QED) is 0.727. The maximum atomic E-state index is 12.7. The summed E-state index contributed by atoms with van der Waals surface area (Å²) < 4.78 is 38.0. The summed E-state index contributed by atoms with van der Waals surface area (Å²) in [6, 6.07) is 14.6. The van der Waals surface area contributed by atoms with Crippen LogP contribution in [0.1, 0.15) is 12.5 Å². The Hall–Kier alpha value is -2.09. The summed E-state index contributed by atoms with van der Waals surface area (Å²) in [7, 11) is -1.78. The van der Waals surface area contributed by atoms with Gasteiger partial charge in [-0.1, -0.05) is 24.3 Å². The first-order valence-corrected chi connectivity index (χ1v) is 10.6. The van der Waals surface area contributed by atoms with Gasteiger partial charge in [0, 0.05) is 32.7 Å². The predicted molar refractivity (Wildman–Crippen MR) is 105 cm³/mol. The van der Waals surface area contributed by atoms with Gasteiger partial charge in [-0.2, -0.15) is 4.31 Å². The Kier molecular flexibility index (Phi) is 6.36. The van der Waals surface area contributed by atoms with E-state index in [1.54, 1.807) is 35.7 Å². The number of hydrogen-bond acceptors (Lipinski definition) is 5. The molecule has 1 aliphatic rings. The number of benzene rings is 2. The highest BCUT2D eigenvalue weighted by atomic mass is 32.2. The first-order chi connectivity index (χ1) is 13.0. The van der Waals surface area contributed by atoms with E-state index in [9.17, 15) is 8.42 Å². The van der Waals surface area contributed by atoms with E-state index in [2.05, 4.69) is 4.90 Å². The summed E-state index contributed by atoms with van der Waals surface area (Å²) in [5.41, 5.74) is 1.12. The van der Waals surface area contributed by atoms with E-state index in [-0.39, 0.29) is 0 Å².